The minimum atomic E-state index is 0. The van der Waals surface area contributed by atoms with E-state index in [1.54, 1.807) is 0 Å². The van der Waals surface area contributed by atoms with E-state index in [1.165, 1.54) is 43.5 Å². The number of hydrogen-bond donors (Lipinski definition) is 0. The topological polar surface area (TPSA) is 0 Å². The van der Waals surface area contributed by atoms with Crippen LogP contribution in [-0.4, -0.2) is 0 Å². The zero-order valence-electron chi connectivity index (χ0n) is 13.5. The molecule has 0 saturated heterocycles. The molecule has 1 aliphatic rings. The number of benzene rings is 3. The Morgan fingerprint density at radius 3 is 2.32 bits per heavy atom. The normalized spacial score (nSPS) is 12.6. The number of fused-ring (bicyclic) bond motifs is 5. The second kappa shape index (κ2) is 7.96. The molecule has 0 N–H and O–H groups in total. The van der Waals surface area contributed by atoms with Gasteiger partial charge in [-0.05, 0) is 11.8 Å². The minimum absolute atomic E-state index is 0. The van der Waals surface area contributed by atoms with E-state index >= 15 is 0 Å². The van der Waals surface area contributed by atoms with Gasteiger partial charge in [-0.1, -0.05) is 83.3 Å². The molecule has 0 nitrogen and oxygen atoms in total. The quantitative estimate of drug-likeness (QED) is 0.371. The molecule has 4 aromatic rings. The third-order valence-electron chi connectivity index (χ3n) is 4.74. The molecule has 0 atom stereocenters. The first kappa shape index (κ1) is 20.1. The van der Waals surface area contributed by atoms with Crippen molar-refractivity contribution in [3.8, 4) is 0 Å². The first-order chi connectivity index (χ1) is 10.9. The molecule has 0 aliphatic heterocycles. The summed E-state index contributed by atoms with van der Waals surface area (Å²) in [6.07, 6.45) is 7.69. The number of allylic oxidation sites excluding steroid dienone is 4. The van der Waals surface area contributed by atoms with E-state index in [-0.39, 0.29) is 51.0 Å². The van der Waals surface area contributed by atoms with Crippen molar-refractivity contribution >= 4 is 37.9 Å². The van der Waals surface area contributed by atoms with Crippen LogP contribution < -0.4 is 24.8 Å². The van der Waals surface area contributed by atoms with Gasteiger partial charge in [-0.2, -0.15) is 0 Å². The van der Waals surface area contributed by atoms with Crippen molar-refractivity contribution in [3.63, 3.8) is 0 Å². The molecular formula is C22H15Cl2Zr. The van der Waals surface area contributed by atoms with Crippen LogP contribution >= 0.6 is 0 Å². The Bertz CT molecular complexity index is 1100. The van der Waals surface area contributed by atoms with Gasteiger partial charge in [0.1, 0.15) is 0 Å². The number of rotatable bonds is 1. The molecule has 25 heavy (non-hydrogen) atoms. The fourth-order valence-electron chi connectivity index (χ4n) is 3.72. The van der Waals surface area contributed by atoms with E-state index in [9.17, 15) is 0 Å². The molecule has 0 amide bonds. The SMILES string of the molecule is C1=CCC(c2cc3ccccc3c3c2[cH-]c2ccccc23)=C1.[Cl-].[Cl-].[Zr+3]. The predicted molar refractivity (Wildman–Crippen MR) is 96.3 cm³/mol. The molecule has 0 heterocycles. The molecule has 4 aromatic carbocycles. The fourth-order valence-corrected chi connectivity index (χ4v) is 3.72. The largest absolute Gasteiger partial charge is 3.00 e. The van der Waals surface area contributed by atoms with E-state index in [0.717, 1.165) is 6.42 Å². The average molecular weight is 441 g/mol. The van der Waals surface area contributed by atoms with E-state index in [0.29, 0.717) is 0 Å². The Labute approximate surface area is 178 Å². The molecule has 0 spiro atoms. The summed E-state index contributed by atoms with van der Waals surface area (Å²) in [4.78, 5) is 0. The van der Waals surface area contributed by atoms with Gasteiger partial charge in [0.2, 0.25) is 0 Å². The second-order valence-corrected chi connectivity index (χ2v) is 5.99. The van der Waals surface area contributed by atoms with Gasteiger partial charge in [-0.25, -0.2) is 0 Å². The van der Waals surface area contributed by atoms with Gasteiger partial charge < -0.3 is 24.8 Å². The van der Waals surface area contributed by atoms with Crippen LogP contribution in [-0.2, 0) is 26.2 Å². The summed E-state index contributed by atoms with van der Waals surface area (Å²) in [6, 6.07) is 22.2. The van der Waals surface area contributed by atoms with Crippen LogP contribution in [0, 0.1) is 0 Å². The van der Waals surface area contributed by atoms with E-state index in [4.69, 9.17) is 0 Å². The van der Waals surface area contributed by atoms with Crippen molar-refractivity contribution in [2.45, 2.75) is 6.42 Å². The van der Waals surface area contributed by atoms with Crippen molar-refractivity contribution in [3.05, 3.63) is 84.5 Å². The Morgan fingerprint density at radius 2 is 1.56 bits per heavy atom. The van der Waals surface area contributed by atoms with Crippen LogP contribution in [0.25, 0.3) is 37.9 Å². The molecule has 0 bridgehead atoms. The maximum absolute atomic E-state index is 2.36. The summed E-state index contributed by atoms with van der Waals surface area (Å²) >= 11 is 0. The molecule has 0 unspecified atom stereocenters. The first-order valence-corrected chi connectivity index (χ1v) is 7.78. The van der Waals surface area contributed by atoms with Crippen LogP contribution in [0.4, 0.5) is 0 Å². The molecule has 0 saturated carbocycles. The Hall–Kier alpha value is -1.27. The number of halogens is 2. The summed E-state index contributed by atoms with van der Waals surface area (Å²) in [5.41, 5.74) is 2.81. The van der Waals surface area contributed by atoms with Gasteiger partial charge in [0.05, 0.1) is 0 Å². The van der Waals surface area contributed by atoms with Crippen molar-refractivity contribution in [2.75, 3.05) is 0 Å². The van der Waals surface area contributed by atoms with Crippen molar-refractivity contribution < 1.29 is 51.0 Å². The summed E-state index contributed by atoms with van der Waals surface area (Å²) < 4.78 is 0. The fraction of sp³-hybridized carbons (Fsp3) is 0.0455. The van der Waals surface area contributed by atoms with Crippen LogP contribution in [0.2, 0.25) is 0 Å². The monoisotopic (exact) mass is 439 g/mol. The maximum atomic E-state index is 2.36. The van der Waals surface area contributed by atoms with Crippen LogP contribution in [0.1, 0.15) is 12.0 Å². The predicted octanol–water partition coefficient (Wildman–Crippen LogP) is 0.214. The third kappa shape index (κ3) is 3.15. The van der Waals surface area contributed by atoms with E-state index < -0.39 is 0 Å². The van der Waals surface area contributed by atoms with Gasteiger partial charge >= 0.3 is 26.2 Å². The summed E-state index contributed by atoms with van der Waals surface area (Å²) in [7, 11) is 0. The van der Waals surface area contributed by atoms with Gasteiger partial charge in [-0.15, -0.1) is 33.7 Å². The molecule has 1 radical (unpaired) electrons. The van der Waals surface area contributed by atoms with Crippen molar-refractivity contribution in [2.24, 2.45) is 0 Å². The van der Waals surface area contributed by atoms with Gasteiger partial charge in [0.25, 0.3) is 0 Å². The van der Waals surface area contributed by atoms with Crippen molar-refractivity contribution in [1.82, 2.24) is 0 Å². The summed E-state index contributed by atoms with van der Waals surface area (Å²) in [5, 5.41) is 8.17. The Balaban J connectivity index is 0.000000751. The maximum Gasteiger partial charge on any atom is 3.00 e. The Kier molecular flexibility index (Phi) is 6.38. The van der Waals surface area contributed by atoms with Gasteiger partial charge in [0, 0.05) is 0 Å². The zero-order chi connectivity index (χ0) is 14.5. The summed E-state index contributed by atoms with van der Waals surface area (Å²) in [6.45, 7) is 0. The first-order valence-electron chi connectivity index (χ1n) is 7.78. The molecule has 3 heteroatoms. The zero-order valence-corrected chi connectivity index (χ0v) is 17.4. The molecule has 121 valence electrons. The minimum Gasteiger partial charge on any atom is -1.00 e. The molecule has 0 aromatic heterocycles. The molecule has 5 rings (SSSR count). The van der Waals surface area contributed by atoms with Gasteiger partial charge in [-0.3, -0.25) is 0 Å². The molecule has 0 fully saturated rings. The standard InChI is InChI=1S/C22H15.2ClH.Zr/c1-2-8-15(7-1)20-13-16-9-3-5-11-18(16)22-19-12-6-4-10-17(19)14-21(20)22;;;/h1-7,9-14H,8H2;2*1H;/q-1;;;+3/p-2. The molecular weight excluding hydrogens is 426 g/mol. The van der Waals surface area contributed by atoms with E-state index in [1.807, 2.05) is 0 Å². The molecule has 1 aliphatic carbocycles. The van der Waals surface area contributed by atoms with Crippen LogP contribution in [0.15, 0.2) is 78.9 Å². The van der Waals surface area contributed by atoms with Crippen LogP contribution in [0.3, 0.4) is 0 Å². The third-order valence-corrected chi connectivity index (χ3v) is 4.74. The number of hydrogen-bond acceptors (Lipinski definition) is 0. The van der Waals surface area contributed by atoms with E-state index in [2.05, 4.69) is 78.9 Å². The summed E-state index contributed by atoms with van der Waals surface area (Å²) in [5.74, 6) is 0. The average Bonchev–Trinajstić information content (AvgIpc) is 3.22. The second-order valence-electron chi connectivity index (χ2n) is 5.99. The van der Waals surface area contributed by atoms with Crippen molar-refractivity contribution in [1.29, 1.82) is 0 Å². The Morgan fingerprint density at radius 1 is 0.840 bits per heavy atom. The van der Waals surface area contributed by atoms with Crippen LogP contribution in [0.5, 0.6) is 0 Å². The smallest absolute Gasteiger partial charge is 1.00 e. The van der Waals surface area contributed by atoms with Gasteiger partial charge in [0.15, 0.2) is 0 Å².